The predicted molar refractivity (Wildman–Crippen MR) is 124 cm³/mol. The second-order valence-electron chi connectivity index (χ2n) is 5.92. The van der Waals surface area contributed by atoms with Crippen LogP contribution in [0.2, 0.25) is 0 Å². The van der Waals surface area contributed by atoms with Gasteiger partial charge in [-0.05, 0) is 30.7 Å². The number of hydrogen-bond donors (Lipinski definition) is 2. The lowest BCUT2D eigenvalue weighted by Crippen LogP contribution is -2.33. The molecule has 0 bridgehead atoms. The summed E-state index contributed by atoms with van der Waals surface area (Å²) in [5, 5.41) is 6.47. The number of aliphatic imine (C=N–C) groups is 1. The van der Waals surface area contributed by atoms with Crippen LogP contribution >= 0.6 is 24.0 Å². The molecule has 0 aromatic heterocycles. The molecule has 28 heavy (non-hydrogen) atoms. The third-order valence-electron chi connectivity index (χ3n) is 4.10. The number of guanidine groups is 1. The Morgan fingerprint density at radius 2 is 1.82 bits per heavy atom. The zero-order valence-electron chi connectivity index (χ0n) is 16.7. The minimum atomic E-state index is -0.209. The molecule has 0 heterocycles. The van der Waals surface area contributed by atoms with Crippen molar-refractivity contribution in [2.24, 2.45) is 4.99 Å². The first kappa shape index (κ1) is 23.8. The molecule has 2 aromatic carbocycles. The van der Waals surface area contributed by atoms with Gasteiger partial charge in [0.25, 0.3) is 0 Å². The highest BCUT2D eigenvalue weighted by molar-refractivity contribution is 14.0. The Bertz CT molecular complexity index is 774. The summed E-state index contributed by atoms with van der Waals surface area (Å²) in [6.45, 7) is 1.42. The molecule has 2 aromatic rings. The van der Waals surface area contributed by atoms with E-state index in [9.17, 15) is 4.39 Å². The van der Waals surface area contributed by atoms with Gasteiger partial charge in [0.15, 0.2) is 17.5 Å². The normalized spacial score (nSPS) is 10.7. The maximum atomic E-state index is 13.8. The molecule has 0 atom stereocenters. The average Bonchev–Trinajstić information content (AvgIpc) is 2.70. The zero-order chi connectivity index (χ0) is 19.6. The lowest BCUT2D eigenvalue weighted by molar-refractivity contribution is 0.355. The number of halogens is 2. The topological polar surface area (TPSA) is 58.1 Å². The van der Waals surface area contributed by atoms with Gasteiger partial charge in [-0.15, -0.1) is 24.0 Å². The van der Waals surface area contributed by atoms with Crippen LogP contribution in [0.1, 0.15) is 6.42 Å². The SMILES string of the molecule is CN=C(NCCCN(C)c1ccccc1F)Nc1ccc(OC)c(OC)c1.I. The molecule has 8 heteroatoms. The van der Waals surface area contributed by atoms with Crippen molar-refractivity contribution in [2.45, 2.75) is 6.42 Å². The Labute approximate surface area is 183 Å². The number of ether oxygens (including phenoxy) is 2. The van der Waals surface area contributed by atoms with Crippen LogP contribution in [-0.4, -0.2) is 47.4 Å². The molecule has 2 rings (SSSR count). The Morgan fingerprint density at radius 1 is 1.11 bits per heavy atom. The van der Waals surface area contributed by atoms with E-state index in [0.29, 0.717) is 29.7 Å². The lowest BCUT2D eigenvalue weighted by Gasteiger charge is -2.20. The molecular formula is C20H28FIN4O2. The summed E-state index contributed by atoms with van der Waals surface area (Å²) in [5.74, 6) is 1.75. The van der Waals surface area contributed by atoms with Crippen LogP contribution in [0.4, 0.5) is 15.8 Å². The van der Waals surface area contributed by atoms with Gasteiger partial charge >= 0.3 is 0 Å². The minimum Gasteiger partial charge on any atom is -0.493 e. The van der Waals surface area contributed by atoms with E-state index in [0.717, 1.165) is 18.7 Å². The van der Waals surface area contributed by atoms with Crippen molar-refractivity contribution >= 4 is 41.3 Å². The molecule has 0 saturated carbocycles. The van der Waals surface area contributed by atoms with Crippen LogP contribution in [-0.2, 0) is 0 Å². The van der Waals surface area contributed by atoms with E-state index in [4.69, 9.17) is 9.47 Å². The standard InChI is InChI=1S/C20H27FN4O2.HI/c1-22-20(24-15-10-11-18(26-3)19(14-15)27-4)23-12-7-13-25(2)17-9-6-5-8-16(17)21;/h5-6,8-11,14H,7,12-13H2,1-4H3,(H2,22,23,24);1H. The molecule has 0 aliphatic carbocycles. The fourth-order valence-corrected chi connectivity index (χ4v) is 2.63. The quantitative estimate of drug-likeness (QED) is 0.248. The first-order chi connectivity index (χ1) is 13.1. The molecule has 0 radical (unpaired) electrons. The summed E-state index contributed by atoms with van der Waals surface area (Å²) in [6.07, 6.45) is 0.831. The third-order valence-corrected chi connectivity index (χ3v) is 4.10. The minimum absolute atomic E-state index is 0. The third kappa shape index (κ3) is 6.74. The smallest absolute Gasteiger partial charge is 0.195 e. The summed E-state index contributed by atoms with van der Waals surface area (Å²) in [4.78, 5) is 6.12. The number of nitrogens with zero attached hydrogens (tertiary/aromatic N) is 2. The second-order valence-corrected chi connectivity index (χ2v) is 5.92. The van der Waals surface area contributed by atoms with Gasteiger partial charge in [-0.2, -0.15) is 0 Å². The summed E-state index contributed by atoms with van der Waals surface area (Å²) in [7, 11) is 6.79. The van der Waals surface area contributed by atoms with E-state index in [1.807, 2.05) is 36.2 Å². The molecule has 6 nitrogen and oxygen atoms in total. The van der Waals surface area contributed by atoms with Crippen molar-refractivity contribution in [3.63, 3.8) is 0 Å². The molecule has 0 amide bonds. The number of rotatable bonds is 8. The first-order valence-corrected chi connectivity index (χ1v) is 8.74. The number of anilines is 2. The number of nitrogens with one attached hydrogen (secondary N) is 2. The molecule has 0 aliphatic heterocycles. The van der Waals surface area contributed by atoms with Crippen molar-refractivity contribution in [3.8, 4) is 11.5 Å². The zero-order valence-corrected chi connectivity index (χ0v) is 19.0. The van der Waals surface area contributed by atoms with Crippen LogP contribution in [0, 0.1) is 5.82 Å². The fraction of sp³-hybridized carbons (Fsp3) is 0.350. The van der Waals surface area contributed by atoms with Gasteiger partial charge in [0.2, 0.25) is 0 Å². The molecular weight excluding hydrogens is 474 g/mol. The van der Waals surface area contributed by atoms with Gasteiger partial charge in [0, 0.05) is 38.9 Å². The van der Waals surface area contributed by atoms with E-state index >= 15 is 0 Å². The van der Waals surface area contributed by atoms with Crippen LogP contribution in [0.3, 0.4) is 0 Å². The highest BCUT2D eigenvalue weighted by Gasteiger charge is 2.08. The monoisotopic (exact) mass is 502 g/mol. The molecule has 2 N–H and O–H groups in total. The van der Waals surface area contributed by atoms with Crippen LogP contribution in [0.15, 0.2) is 47.5 Å². The van der Waals surface area contributed by atoms with Crippen molar-refractivity contribution in [3.05, 3.63) is 48.3 Å². The number of benzene rings is 2. The summed E-state index contributed by atoms with van der Waals surface area (Å²) in [5.41, 5.74) is 1.44. The maximum Gasteiger partial charge on any atom is 0.195 e. The first-order valence-electron chi connectivity index (χ1n) is 8.74. The lowest BCUT2D eigenvalue weighted by atomic mass is 10.2. The predicted octanol–water partition coefficient (Wildman–Crippen LogP) is 3.97. The average molecular weight is 502 g/mol. The van der Waals surface area contributed by atoms with Crippen molar-refractivity contribution in [2.75, 3.05) is 51.6 Å². The van der Waals surface area contributed by atoms with Crippen LogP contribution in [0.25, 0.3) is 0 Å². The fourth-order valence-electron chi connectivity index (χ4n) is 2.63. The van der Waals surface area contributed by atoms with E-state index in [1.165, 1.54) is 6.07 Å². The van der Waals surface area contributed by atoms with Gasteiger partial charge in [-0.3, -0.25) is 4.99 Å². The Balaban J connectivity index is 0.00000392. The van der Waals surface area contributed by atoms with Crippen molar-refractivity contribution < 1.29 is 13.9 Å². The second kappa shape index (κ2) is 12.3. The summed E-state index contributed by atoms with van der Waals surface area (Å²) >= 11 is 0. The Morgan fingerprint density at radius 3 is 2.46 bits per heavy atom. The number of methoxy groups -OCH3 is 2. The van der Waals surface area contributed by atoms with Gasteiger partial charge in [0.05, 0.1) is 19.9 Å². The molecule has 0 spiro atoms. The van der Waals surface area contributed by atoms with E-state index in [1.54, 1.807) is 33.4 Å². The van der Waals surface area contributed by atoms with Gasteiger partial charge in [-0.25, -0.2) is 4.39 Å². The largest absolute Gasteiger partial charge is 0.493 e. The van der Waals surface area contributed by atoms with Crippen molar-refractivity contribution in [1.29, 1.82) is 0 Å². The van der Waals surface area contributed by atoms with Gasteiger partial charge in [0.1, 0.15) is 5.82 Å². The molecule has 0 unspecified atom stereocenters. The maximum absolute atomic E-state index is 13.8. The van der Waals surface area contributed by atoms with Gasteiger partial charge < -0.3 is 25.0 Å². The highest BCUT2D eigenvalue weighted by atomic mass is 127. The van der Waals surface area contributed by atoms with Crippen LogP contribution in [0.5, 0.6) is 11.5 Å². The summed E-state index contributed by atoms with van der Waals surface area (Å²) < 4.78 is 24.3. The Hall–Kier alpha value is -2.23. The van der Waals surface area contributed by atoms with E-state index in [2.05, 4.69) is 15.6 Å². The molecule has 0 aliphatic rings. The van der Waals surface area contributed by atoms with Gasteiger partial charge in [-0.1, -0.05) is 12.1 Å². The molecule has 0 fully saturated rings. The number of hydrogen-bond acceptors (Lipinski definition) is 4. The number of para-hydroxylation sites is 1. The summed E-state index contributed by atoms with van der Waals surface area (Å²) in [6, 6.07) is 12.3. The molecule has 0 saturated heterocycles. The van der Waals surface area contributed by atoms with E-state index in [-0.39, 0.29) is 29.8 Å². The van der Waals surface area contributed by atoms with Crippen molar-refractivity contribution in [1.82, 2.24) is 5.32 Å². The Kier molecular flexibility index (Phi) is 10.4. The van der Waals surface area contributed by atoms with Crippen LogP contribution < -0.4 is 25.0 Å². The highest BCUT2D eigenvalue weighted by Crippen LogP contribution is 2.29. The molecule has 154 valence electrons. The van der Waals surface area contributed by atoms with E-state index < -0.39 is 0 Å².